The van der Waals surface area contributed by atoms with Crippen molar-refractivity contribution in [2.24, 2.45) is 17.8 Å². The van der Waals surface area contributed by atoms with Gasteiger partial charge in [-0.25, -0.2) is 0 Å². The minimum Gasteiger partial charge on any atom is -0.313 e. The van der Waals surface area contributed by atoms with E-state index < -0.39 is 0 Å². The molecule has 1 aromatic carbocycles. The predicted molar refractivity (Wildman–Crippen MR) is 79.5 cm³/mol. The Morgan fingerprint density at radius 2 is 2.22 bits per heavy atom. The summed E-state index contributed by atoms with van der Waals surface area (Å²) in [5, 5.41) is 3.51. The van der Waals surface area contributed by atoms with Gasteiger partial charge < -0.3 is 5.32 Å². The molecule has 3 rings (SSSR count). The smallest absolute Gasteiger partial charge is 0.0320 e. The molecule has 98 valence electrons. The number of fused-ring (bicyclic) bond motifs is 2. The second kappa shape index (κ2) is 5.34. The summed E-state index contributed by atoms with van der Waals surface area (Å²) in [5.74, 6) is 3.04. The normalized spacial score (nSPS) is 31.8. The second-order valence-electron chi connectivity index (χ2n) is 6.07. The summed E-state index contributed by atoms with van der Waals surface area (Å²) in [7, 11) is 2.10. The van der Waals surface area contributed by atoms with Crippen LogP contribution in [0.1, 0.15) is 43.7 Å². The average Bonchev–Trinajstić information content (AvgIpc) is 2.98. The number of rotatable bonds is 4. The zero-order valence-electron chi connectivity index (χ0n) is 11.0. The minimum absolute atomic E-state index is 0.520. The molecule has 0 amide bonds. The quantitative estimate of drug-likeness (QED) is 0.861. The Balaban J connectivity index is 1.69. The summed E-state index contributed by atoms with van der Waals surface area (Å²) in [6.07, 6.45) is 7.30. The van der Waals surface area contributed by atoms with E-state index in [1.807, 2.05) is 0 Å². The number of benzene rings is 1. The lowest BCUT2D eigenvalue weighted by atomic mass is 9.83. The molecule has 1 N–H and O–H groups in total. The first-order chi connectivity index (χ1) is 8.76. The maximum absolute atomic E-state index is 3.58. The summed E-state index contributed by atoms with van der Waals surface area (Å²) >= 11 is 3.58. The molecule has 2 fully saturated rings. The van der Waals surface area contributed by atoms with Crippen LogP contribution in [-0.2, 0) is 0 Å². The van der Waals surface area contributed by atoms with Crippen LogP contribution in [-0.4, -0.2) is 7.05 Å². The van der Waals surface area contributed by atoms with Crippen molar-refractivity contribution in [2.75, 3.05) is 7.05 Å². The number of hydrogen-bond acceptors (Lipinski definition) is 1. The highest BCUT2D eigenvalue weighted by atomic mass is 79.9. The first-order valence-corrected chi connectivity index (χ1v) is 7.98. The Morgan fingerprint density at radius 1 is 1.33 bits per heavy atom. The van der Waals surface area contributed by atoms with Crippen LogP contribution in [0.15, 0.2) is 28.7 Å². The molecule has 0 heterocycles. The largest absolute Gasteiger partial charge is 0.313 e. The lowest BCUT2D eigenvalue weighted by molar-refractivity contribution is 0.284. The number of hydrogen-bond donors (Lipinski definition) is 1. The maximum Gasteiger partial charge on any atom is 0.0320 e. The fourth-order valence-electron chi connectivity index (χ4n) is 4.11. The number of nitrogens with one attached hydrogen (secondary N) is 1. The van der Waals surface area contributed by atoms with Gasteiger partial charge in [0.1, 0.15) is 0 Å². The van der Waals surface area contributed by atoms with Crippen LogP contribution in [0, 0.1) is 17.8 Å². The molecule has 0 radical (unpaired) electrons. The predicted octanol–water partition coefficient (Wildman–Crippen LogP) is 4.54. The van der Waals surface area contributed by atoms with Crippen LogP contribution < -0.4 is 5.32 Å². The van der Waals surface area contributed by atoms with E-state index in [1.54, 1.807) is 0 Å². The Bertz CT molecular complexity index is 417. The van der Waals surface area contributed by atoms with Crippen LogP contribution in [0.5, 0.6) is 0 Å². The highest BCUT2D eigenvalue weighted by Crippen LogP contribution is 2.50. The lowest BCUT2D eigenvalue weighted by Gasteiger charge is -2.27. The Labute approximate surface area is 118 Å². The van der Waals surface area contributed by atoms with Gasteiger partial charge in [0.2, 0.25) is 0 Å². The maximum atomic E-state index is 3.58. The third kappa shape index (κ3) is 2.50. The van der Waals surface area contributed by atoms with Crippen LogP contribution in [0.2, 0.25) is 0 Å². The lowest BCUT2D eigenvalue weighted by Crippen LogP contribution is -2.22. The molecule has 1 nitrogen and oxygen atoms in total. The summed E-state index contributed by atoms with van der Waals surface area (Å²) in [5.41, 5.74) is 1.43. The zero-order valence-corrected chi connectivity index (χ0v) is 12.6. The van der Waals surface area contributed by atoms with Gasteiger partial charge in [-0.1, -0.05) is 34.5 Å². The van der Waals surface area contributed by atoms with Crippen molar-refractivity contribution < 1.29 is 0 Å². The fourth-order valence-corrected chi connectivity index (χ4v) is 4.53. The van der Waals surface area contributed by atoms with Gasteiger partial charge in [0, 0.05) is 10.5 Å². The van der Waals surface area contributed by atoms with Crippen LogP contribution in [0.25, 0.3) is 0 Å². The van der Waals surface area contributed by atoms with Crippen molar-refractivity contribution in [1.29, 1.82) is 0 Å². The molecule has 4 unspecified atom stereocenters. The van der Waals surface area contributed by atoms with E-state index in [2.05, 4.69) is 52.6 Å². The molecule has 2 heteroatoms. The van der Waals surface area contributed by atoms with Gasteiger partial charge >= 0.3 is 0 Å². The van der Waals surface area contributed by atoms with Crippen molar-refractivity contribution >= 4 is 15.9 Å². The molecule has 1 aromatic rings. The van der Waals surface area contributed by atoms with Crippen molar-refractivity contribution in [2.45, 2.75) is 38.1 Å². The molecule has 2 aliphatic carbocycles. The third-order valence-corrected chi connectivity index (χ3v) is 5.52. The van der Waals surface area contributed by atoms with Gasteiger partial charge in [0.05, 0.1) is 0 Å². The molecule has 4 atom stereocenters. The van der Waals surface area contributed by atoms with Gasteiger partial charge in [-0.15, -0.1) is 0 Å². The molecule has 0 spiro atoms. The minimum atomic E-state index is 0.520. The van der Waals surface area contributed by atoms with E-state index in [1.165, 1.54) is 42.1 Å². The average molecular weight is 308 g/mol. The highest BCUT2D eigenvalue weighted by Gasteiger charge is 2.40. The van der Waals surface area contributed by atoms with E-state index in [-0.39, 0.29) is 0 Å². The monoisotopic (exact) mass is 307 g/mol. The van der Waals surface area contributed by atoms with Gasteiger partial charge in [-0.3, -0.25) is 0 Å². The SMILES string of the molecule is CNC(CC1CC2CCC1C2)c1cccc(Br)c1. The first kappa shape index (κ1) is 12.7. The Morgan fingerprint density at radius 3 is 2.83 bits per heavy atom. The van der Waals surface area contributed by atoms with E-state index in [9.17, 15) is 0 Å². The van der Waals surface area contributed by atoms with Gasteiger partial charge in [0.25, 0.3) is 0 Å². The second-order valence-corrected chi connectivity index (χ2v) is 6.98. The first-order valence-electron chi connectivity index (χ1n) is 7.19. The summed E-state index contributed by atoms with van der Waals surface area (Å²) in [6.45, 7) is 0. The molecule has 0 aromatic heterocycles. The highest BCUT2D eigenvalue weighted by molar-refractivity contribution is 9.10. The summed E-state index contributed by atoms with van der Waals surface area (Å²) in [6, 6.07) is 9.28. The summed E-state index contributed by atoms with van der Waals surface area (Å²) in [4.78, 5) is 0. The van der Waals surface area contributed by atoms with E-state index >= 15 is 0 Å². The van der Waals surface area contributed by atoms with Crippen LogP contribution in [0.4, 0.5) is 0 Å². The fraction of sp³-hybridized carbons (Fsp3) is 0.625. The van der Waals surface area contributed by atoms with Gasteiger partial charge in [-0.2, -0.15) is 0 Å². The molecule has 0 saturated heterocycles. The van der Waals surface area contributed by atoms with Crippen LogP contribution >= 0.6 is 15.9 Å². The molecule has 2 saturated carbocycles. The zero-order chi connectivity index (χ0) is 12.5. The van der Waals surface area contributed by atoms with Gasteiger partial charge in [-0.05, 0) is 68.2 Å². The van der Waals surface area contributed by atoms with Crippen LogP contribution in [0.3, 0.4) is 0 Å². The van der Waals surface area contributed by atoms with Crippen molar-refractivity contribution in [3.8, 4) is 0 Å². The molecule has 18 heavy (non-hydrogen) atoms. The van der Waals surface area contributed by atoms with E-state index in [0.29, 0.717) is 6.04 Å². The Kier molecular flexibility index (Phi) is 3.76. The Hall–Kier alpha value is -0.340. The molecule has 2 bridgehead atoms. The van der Waals surface area contributed by atoms with Gasteiger partial charge in [0.15, 0.2) is 0 Å². The molecular formula is C16H22BrN. The third-order valence-electron chi connectivity index (χ3n) is 5.02. The van der Waals surface area contributed by atoms with E-state index in [4.69, 9.17) is 0 Å². The molecule has 2 aliphatic rings. The van der Waals surface area contributed by atoms with Crippen molar-refractivity contribution in [3.05, 3.63) is 34.3 Å². The van der Waals surface area contributed by atoms with E-state index in [0.717, 1.165) is 17.8 Å². The molecular weight excluding hydrogens is 286 g/mol. The van der Waals surface area contributed by atoms with Crippen molar-refractivity contribution in [3.63, 3.8) is 0 Å². The summed E-state index contributed by atoms with van der Waals surface area (Å²) < 4.78 is 1.19. The molecule has 0 aliphatic heterocycles. The standard InChI is InChI=1S/C16H22BrN/c1-18-16(13-3-2-4-15(17)9-13)10-14-8-11-5-6-12(14)7-11/h2-4,9,11-12,14,16,18H,5-8,10H2,1H3. The number of halogens is 1. The topological polar surface area (TPSA) is 12.0 Å². The van der Waals surface area contributed by atoms with Crippen molar-refractivity contribution in [1.82, 2.24) is 5.32 Å².